The van der Waals surface area contributed by atoms with Crippen LogP contribution in [0.1, 0.15) is 34.1 Å². The Morgan fingerprint density at radius 2 is 1.90 bits per heavy atom. The molecule has 0 aromatic rings. The van der Waals surface area contributed by atoms with Gasteiger partial charge < -0.3 is 5.32 Å². The van der Waals surface area contributed by atoms with Crippen molar-refractivity contribution >= 4 is 0 Å². The molecule has 1 heteroatoms. The molecule has 1 nitrogen and oxygen atoms in total. The second kappa shape index (κ2) is 2.30. The third-order valence-electron chi connectivity index (χ3n) is 2.12. The molecule has 58 valence electrons. The molecule has 1 heterocycles. The second-order valence-electron chi connectivity index (χ2n) is 4.03. The highest BCUT2D eigenvalue weighted by Gasteiger charge is 2.22. The summed E-state index contributed by atoms with van der Waals surface area (Å²) in [6.45, 7) is 10.1. The Morgan fingerprint density at radius 3 is 2.10 bits per heavy atom. The summed E-state index contributed by atoms with van der Waals surface area (Å²) in [5.74, 6) is 0. The van der Waals surface area contributed by atoms with Gasteiger partial charge in [0.2, 0.25) is 0 Å². The van der Waals surface area contributed by atoms with Gasteiger partial charge in [0.15, 0.2) is 0 Å². The molecule has 0 saturated heterocycles. The maximum Gasteiger partial charge on any atom is 0.0182 e. The van der Waals surface area contributed by atoms with E-state index in [0.717, 1.165) is 6.54 Å². The van der Waals surface area contributed by atoms with Gasteiger partial charge in [0.05, 0.1) is 0 Å². The lowest BCUT2D eigenvalue weighted by Gasteiger charge is -2.20. The van der Waals surface area contributed by atoms with E-state index >= 15 is 0 Å². The van der Waals surface area contributed by atoms with E-state index < -0.39 is 0 Å². The van der Waals surface area contributed by atoms with Gasteiger partial charge in [0.1, 0.15) is 0 Å². The zero-order valence-corrected chi connectivity index (χ0v) is 7.41. The van der Waals surface area contributed by atoms with Crippen molar-refractivity contribution in [2.24, 2.45) is 5.41 Å². The second-order valence-corrected chi connectivity index (χ2v) is 4.03. The first kappa shape index (κ1) is 7.64. The van der Waals surface area contributed by atoms with Crippen molar-refractivity contribution in [2.75, 3.05) is 6.54 Å². The van der Waals surface area contributed by atoms with Crippen molar-refractivity contribution in [3.05, 3.63) is 11.3 Å². The van der Waals surface area contributed by atoms with E-state index in [1.807, 2.05) is 0 Å². The van der Waals surface area contributed by atoms with Crippen LogP contribution in [-0.4, -0.2) is 6.54 Å². The maximum atomic E-state index is 3.36. The molecule has 0 aliphatic carbocycles. The number of allylic oxidation sites excluding steroid dienone is 1. The topological polar surface area (TPSA) is 12.0 Å². The Morgan fingerprint density at radius 1 is 1.30 bits per heavy atom. The molecular weight excluding hydrogens is 122 g/mol. The summed E-state index contributed by atoms with van der Waals surface area (Å²) in [5, 5.41) is 3.36. The minimum absolute atomic E-state index is 0.369. The number of hydrogen-bond acceptors (Lipinski definition) is 1. The van der Waals surface area contributed by atoms with E-state index in [0.29, 0.717) is 5.41 Å². The van der Waals surface area contributed by atoms with Crippen LogP contribution in [0.25, 0.3) is 0 Å². The van der Waals surface area contributed by atoms with Crippen LogP contribution in [-0.2, 0) is 0 Å². The molecule has 0 radical (unpaired) electrons. The van der Waals surface area contributed by atoms with E-state index in [4.69, 9.17) is 0 Å². The third-order valence-corrected chi connectivity index (χ3v) is 2.12. The third kappa shape index (κ3) is 1.34. The lowest BCUT2D eigenvalue weighted by Crippen LogP contribution is -2.09. The van der Waals surface area contributed by atoms with Crippen LogP contribution >= 0.6 is 0 Å². The highest BCUT2D eigenvalue weighted by molar-refractivity contribution is 5.21. The Kier molecular flexibility index (Phi) is 1.76. The van der Waals surface area contributed by atoms with Crippen LogP contribution in [0, 0.1) is 5.41 Å². The van der Waals surface area contributed by atoms with Crippen molar-refractivity contribution in [1.82, 2.24) is 5.32 Å². The molecule has 1 aliphatic heterocycles. The van der Waals surface area contributed by atoms with Gasteiger partial charge in [-0.1, -0.05) is 20.8 Å². The molecule has 0 fully saturated rings. The van der Waals surface area contributed by atoms with Gasteiger partial charge in [0.25, 0.3) is 0 Å². The summed E-state index contributed by atoms with van der Waals surface area (Å²) in [7, 11) is 0. The van der Waals surface area contributed by atoms with Crippen LogP contribution in [0.5, 0.6) is 0 Å². The summed E-state index contributed by atoms with van der Waals surface area (Å²) >= 11 is 0. The van der Waals surface area contributed by atoms with Crippen molar-refractivity contribution in [1.29, 1.82) is 0 Å². The molecule has 0 bridgehead atoms. The monoisotopic (exact) mass is 139 g/mol. The minimum Gasteiger partial charge on any atom is -0.388 e. The SMILES string of the molecule is CC1=C(C(C)(C)C)CCN1. The number of nitrogens with one attached hydrogen (secondary N) is 1. The lowest BCUT2D eigenvalue weighted by molar-refractivity contribution is 0.489. The minimum atomic E-state index is 0.369. The van der Waals surface area contributed by atoms with Crippen molar-refractivity contribution < 1.29 is 0 Å². The predicted octanol–water partition coefficient (Wildman–Crippen LogP) is 2.30. The molecule has 0 saturated carbocycles. The summed E-state index contributed by atoms with van der Waals surface area (Å²) < 4.78 is 0. The first-order chi connectivity index (χ1) is 4.52. The quantitative estimate of drug-likeness (QED) is 0.543. The van der Waals surface area contributed by atoms with Gasteiger partial charge >= 0.3 is 0 Å². The molecule has 0 unspecified atom stereocenters. The summed E-state index contributed by atoms with van der Waals surface area (Å²) in [6, 6.07) is 0. The average Bonchev–Trinajstić information content (AvgIpc) is 2.11. The largest absolute Gasteiger partial charge is 0.388 e. The van der Waals surface area contributed by atoms with E-state index in [2.05, 4.69) is 33.0 Å². The van der Waals surface area contributed by atoms with E-state index in [9.17, 15) is 0 Å². The van der Waals surface area contributed by atoms with Crippen LogP contribution in [0.2, 0.25) is 0 Å². The van der Waals surface area contributed by atoms with Gasteiger partial charge in [-0.25, -0.2) is 0 Å². The number of rotatable bonds is 0. The van der Waals surface area contributed by atoms with E-state index in [1.165, 1.54) is 12.1 Å². The van der Waals surface area contributed by atoms with Gasteiger partial charge in [-0.15, -0.1) is 0 Å². The normalized spacial score (nSPS) is 19.6. The summed E-state index contributed by atoms with van der Waals surface area (Å²) in [5.41, 5.74) is 3.35. The Balaban J connectivity index is 2.81. The molecule has 0 atom stereocenters. The van der Waals surface area contributed by atoms with Gasteiger partial charge in [-0.05, 0) is 24.3 Å². The highest BCUT2D eigenvalue weighted by Crippen LogP contribution is 2.32. The fourth-order valence-electron chi connectivity index (χ4n) is 1.61. The van der Waals surface area contributed by atoms with Crippen LogP contribution < -0.4 is 5.32 Å². The first-order valence-electron chi connectivity index (χ1n) is 3.96. The molecule has 1 N–H and O–H groups in total. The van der Waals surface area contributed by atoms with Gasteiger partial charge in [-0.2, -0.15) is 0 Å². The fraction of sp³-hybridized carbons (Fsp3) is 0.778. The zero-order chi connectivity index (χ0) is 7.78. The van der Waals surface area contributed by atoms with Crippen molar-refractivity contribution in [3.63, 3.8) is 0 Å². The molecule has 10 heavy (non-hydrogen) atoms. The number of hydrogen-bond donors (Lipinski definition) is 1. The smallest absolute Gasteiger partial charge is 0.0182 e. The van der Waals surface area contributed by atoms with E-state index in [-0.39, 0.29) is 0 Å². The summed E-state index contributed by atoms with van der Waals surface area (Å²) in [4.78, 5) is 0. The lowest BCUT2D eigenvalue weighted by atomic mass is 9.85. The van der Waals surface area contributed by atoms with Crippen LogP contribution in [0.4, 0.5) is 0 Å². The fourth-order valence-corrected chi connectivity index (χ4v) is 1.61. The van der Waals surface area contributed by atoms with Crippen LogP contribution in [0.15, 0.2) is 11.3 Å². The molecule has 1 rings (SSSR count). The first-order valence-corrected chi connectivity index (χ1v) is 3.96. The van der Waals surface area contributed by atoms with E-state index in [1.54, 1.807) is 5.57 Å². The standard InChI is InChI=1S/C9H17N/c1-7-8(5-6-10-7)9(2,3)4/h10H,5-6H2,1-4H3. The molecule has 0 spiro atoms. The van der Waals surface area contributed by atoms with Gasteiger partial charge in [-0.3, -0.25) is 0 Å². The zero-order valence-electron chi connectivity index (χ0n) is 7.41. The molecule has 0 amide bonds. The summed E-state index contributed by atoms with van der Waals surface area (Å²) in [6.07, 6.45) is 1.23. The molecule has 0 aromatic carbocycles. The Labute approximate surface area is 63.5 Å². The van der Waals surface area contributed by atoms with Crippen LogP contribution in [0.3, 0.4) is 0 Å². The Hall–Kier alpha value is -0.460. The Bertz CT molecular complexity index is 160. The predicted molar refractivity (Wildman–Crippen MR) is 44.8 cm³/mol. The maximum absolute atomic E-state index is 3.36. The van der Waals surface area contributed by atoms with Crippen molar-refractivity contribution in [3.8, 4) is 0 Å². The van der Waals surface area contributed by atoms with Crippen molar-refractivity contribution in [2.45, 2.75) is 34.1 Å². The average molecular weight is 139 g/mol. The molecular formula is C9H17N. The molecule has 1 aliphatic rings. The molecule has 0 aromatic heterocycles. The highest BCUT2D eigenvalue weighted by atomic mass is 14.9. The van der Waals surface area contributed by atoms with Gasteiger partial charge in [0, 0.05) is 12.2 Å².